The average molecular weight is 289 g/mol. The Morgan fingerprint density at radius 3 is 2.67 bits per heavy atom. The minimum absolute atomic E-state index is 0.0571. The summed E-state index contributed by atoms with van der Waals surface area (Å²) >= 11 is 0. The van der Waals surface area contributed by atoms with Crippen molar-refractivity contribution in [3.63, 3.8) is 0 Å². The van der Waals surface area contributed by atoms with Gasteiger partial charge in [0.05, 0.1) is 12.1 Å². The van der Waals surface area contributed by atoms with Crippen molar-refractivity contribution >= 4 is 17.5 Å². The molecule has 0 unspecified atom stereocenters. The lowest BCUT2D eigenvalue weighted by Gasteiger charge is -2.27. The normalized spacial score (nSPS) is 13.1. The third-order valence-corrected chi connectivity index (χ3v) is 3.17. The van der Waals surface area contributed by atoms with Gasteiger partial charge >= 0.3 is 5.97 Å². The fourth-order valence-corrected chi connectivity index (χ4v) is 2.10. The van der Waals surface area contributed by atoms with E-state index >= 15 is 0 Å². The number of aliphatic carboxylic acids is 1. The number of fused-ring (bicyclic) bond motifs is 1. The maximum atomic E-state index is 12.0. The van der Waals surface area contributed by atoms with Crippen molar-refractivity contribution in [2.24, 2.45) is 5.41 Å². The number of carboxylic acids is 1. The van der Waals surface area contributed by atoms with Crippen LogP contribution in [0.2, 0.25) is 0 Å². The summed E-state index contributed by atoms with van der Waals surface area (Å²) in [5.41, 5.74) is 0.808. The molecule has 112 valence electrons. The summed E-state index contributed by atoms with van der Waals surface area (Å²) in [7, 11) is 0. The highest BCUT2D eigenvalue weighted by atomic mass is 16.4. The molecule has 0 fully saturated rings. The highest BCUT2D eigenvalue weighted by Gasteiger charge is 2.32. The van der Waals surface area contributed by atoms with Gasteiger partial charge in [0.15, 0.2) is 0 Å². The van der Waals surface area contributed by atoms with Gasteiger partial charge in [-0.15, -0.1) is 0 Å². The molecule has 0 aliphatic carbocycles. The first-order chi connectivity index (χ1) is 9.77. The number of imidazole rings is 1. The van der Waals surface area contributed by atoms with E-state index in [1.54, 1.807) is 27.0 Å². The monoisotopic (exact) mass is 289 g/mol. The van der Waals surface area contributed by atoms with Crippen LogP contribution in [0.3, 0.4) is 0 Å². The van der Waals surface area contributed by atoms with Crippen molar-refractivity contribution < 1.29 is 14.7 Å². The van der Waals surface area contributed by atoms with Gasteiger partial charge in [0.2, 0.25) is 5.91 Å². The second-order valence-corrected chi connectivity index (χ2v) is 6.08. The third kappa shape index (κ3) is 3.59. The lowest BCUT2D eigenvalue weighted by Crippen LogP contribution is -2.49. The number of rotatable bonds is 4. The Labute approximate surface area is 122 Å². The van der Waals surface area contributed by atoms with E-state index in [-0.39, 0.29) is 12.3 Å². The molecule has 2 N–H and O–H groups in total. The summed E-state index contributed by atoms with van der Waals surface area (Å²) < 4.78 is 1.82. The third-order valence-electron chi connectivity index (χ3n) is 3.17. The van der Waals surface area contributed by atoms with Crippen molar-refractivity contribution in [3.05, 3.63) is 36.3 Å². The molecule has 0 saturated heterocycles. The van der Waals surface area contributed by atoms with E-state index in [1.165, 1.54) is 0 Å². The van der Waals surface area contributed by atoms with Crippen molar-refractivity contribution in [1.29, 1.82) is 0 Å². The van der Waals surface area contributed by atoms with Crippen LogP contribution >= 0.6 is 0 Å². The number of pyridine rings is 1. The molecule has 0 spiro atoms. The molecule has 2 aromatic rings. The Morgan fingerprint density at radius 1 is 1.38 bits per heavy atom. The molecule has 1 amide bonds. The Balaban J connectivity index is 2.08. The number of nitrogens with zero attached hydrogens (tertiary/aromatic N) is 2. The predicted octanol–water partition coefficient (Wildman–Crippen LogP) is 1.49. The largest absolute Gasteiger partial charge is 0.480 e. The first kappa shape index (κ1) is 15.0. The van der Waals surface area contributed by atoms with Gasteiger partial charge < -0.3 is 14.8 Å². The van der Waals surface area contributed by atoms with Crippen LogP contribution in [0.15, 0.2) is 30.6 Å². The molecule has 2 rings (SSSR count). The lowest BCUT2D eigenvalue weighted by molar-refractivity contribution is -0.144. The van der Waals surface area contributed by atoms with Crippen LogP contribution < -0.4 is 5.32 Å². The summed E-state index contributed by atoms with van der Waals surface area (Å²) in [6.07, 6.45) is 3.67. The summed E-state index contributed by atoms with van der Waals surface area (Å²) in [6.45, 7) is 5.32. The van der Waals surface area contributed by atoms with Crippen LogP contribution in [0, 0.1) is 5.41 Å². The zero-order valence-electron chi connectivity index (χ0n) is 12.3. The minimum atomic E-state index is -1.04. The highest BCUT2D eigenvalue weighted by molar-refractivity contribution is 5.85. The molecule has 0 aromatic carbocycles. The first-order valence-corrected chi connectivity index (χ1v) is 6.72. The van der Waals surface area contributed by atoms with E-state index in [0.717, 1.165) is 5.65 Å². The van der Waals surface area contributed by atoms with E-state index in [4.69, 9.17) is 0 Å². The van der Waals surface area contributed by atoms with E-state index < -0.39 is 17.4 Å². The van der Waals surface area contributed by atoms with Gasteiger partial charge in [-0.2, -0.15) is 0 Å². The first-order valence-electron chi connectivity index (χ1n) is 6.72. The van der Waals surface area contributed by atoms with Crippen molar-refractivity contribution in [2.45, 2.75) is 33.2 Å². The standard InChI is InChI=1S/C15H19N3O3/c1-15(2,3)13(14(20)21)17-12(19)8-10-9-18-7-5-4-6-11(18)16-10/h4-7,9,13H,8H2,1-3H3,(H,17,19)(H,20,21)/t13-/m1/s1. The van der Waals surface area contributed by atoms with Crippen LogP contribution in [0.25, 0.3) is 5.65 Å². The number of carbonyl (C=O) groups excluding carboxylic acids is 1. The lowest BCUT2D eigenvalue weighted by atomic mass is 9.86. The molecule has 21 heavy (non-hydrogen) atoms. The van der Waals surface area contributed by atoms with Gasteiger partial charge in [-0.05, 0) is 17.5 Å². The maximum absolute atomic E-state index is 12.0. The van der Waals surface area contributed by atoms with Crippen molar-refractivity contribution in [1.82, 2.24) is 14.7 Å². The van der Waals surface area contributed by atoms with Gasteiger partial charge in [-0.25, -0.2) is 9.78 Å². The predicted molar refractivity (Wildman–Crippen MR) is 77.9 cm³/mol. The fraction of sp³-hybridized carbons (Fsp3) is 0.400. The number of hydrogen-bond donors (Lipinski definition) is 2. The zero-order valence-corrected chi connectivity index (χ0v) is 12.3. The smallest absolute Gasteiger partial charge is 0.326 e. The number of aromatic nitrogens is 2. The minimum Gasteiger partial charge on any atom is -0.480 e. The Hall–Kier alpha value is -2.37. The van der Waals surface area contributed by atoms with Gasteiger partial charge in [-0.1, -0.05) is 26.8 Å². The summed E-state index contributed by atoms with van der Waals surface area (Å²) in [4.78, 5) is 27.6. The summed E-state index contributed by atoms with van der Waals surface area (Å²) in [5.74, 6) is -1.38. The number of hydrogen-bond acceptors (Lipinski definition) is 3. The van der Waals surface area contributed by atoms with Crippen LogP contribution in [0.5, 0.6) is 0 Å². The molecule has 6 heteroatoms. The van der Waals surface area contributed by atoms with E-state index in [0.29, 0.717) is 5.69 Å². The Morgan fingerprint density at radius 2 is 2.10 bits per heavy atom. The maximum Gasteiger partial charge on any atom is 0.326 e. The number of carboxylic acid groups (broad SMARTS) is 1. The van der Waals surface area contributed by atoms with Gasteiger partial charge in [-0.3, -0.25) is 4.79 Å². The molecule has 2 aromatic heterocycles. The SMILES string of the molecule is CC(C)(C)[C@H](NC(=O)Cc1cn2ccccc2n1)C(=O)O. The fourth-order valence-electron chi connectivity index (χ4n) is 2.10. The number of carbonyl (C=O) groups is 2. The number of amides is 1. The molecule has 1 atom stereocenters. The zero-order chi connectivity index (χ0) is 15.6. The molecular weight excluding hydrogens is 270 g/mol. The van der Waals surface area contributed by atoms with E-state index in [2.05, 4.69) is 10.3 Å². The summed E-state index contributed by atoms with van der Waals surface area (Å²) in [6, 6.07) is 4.66. The molecule has 2 heterocycles. The second kappa shape index (κ2) is 5.55. The van der Waals surface area contributed by atoms with Crippen molar-refractivity contribution in [3.8, 4) is 0 Å². The Bertz CT molecular complexity index is 637. The van der Waals surface area contributed by atoms with Gasteiger partial charge in [0.25, 0.3) is 0 Å². The molecule has 0 bridgehead atoms. The second-order valence-electron chi connectivity index (χ2n) is 6.08. The van der Waals surface area contributed by atoms with E-state index in [1.807, 2.05) is 28.8 Å². The van der Waals surface area contributed by atoms with Crippen molar-refractivity contribution in [2.75, 3.05) is 0 Å². The van der Waals surface area contributed by atoms with Crippen LogP contribution in [-0.4, -0.2) is 32.4 Å². The molecule has 0 aliphatic rings. The molecule has 0 radical (unpaired) electrons. The van der Waals surface area contributed by atoms with E-state index in [9.17, 15) is 14.7 Å². The average Bonchev–Trinajstić information content (AvgIpc) is 2.76. The van der Waals surface area contributed by atoms with Crippen LogP contribution in [0.1, 0.15) is 26.5 Å². The van der Waals surface area contributed by atoms with Crippen LogP contribution in [-0.2, 0) is 16.0 Å². The topological polar surface area (TPSA) is 83.7 Å². The van der Waals surface area contributed by atoms with Gasteiger partial charge in [0, 0.05) is 12.4 Å². The summed E-state index contributed by atoms with van der Waals surface area (Å²) in [5, 5.41) is 11.8. The Kier molecular flexibility index (Phi) is 3.97. The van der Waals surface area contributed by atoms with Crippen LogP contribution in [0.4, 0.5) is 0 Å². The molecule has 0 aliphatic heterocycles. The molecule has 6 nitrogen and oxygen atoms in total. The number of nitrogens with one attached hydrogen (secondary N) is 1. The molecular formula is C15H19N3O3. The highest BCUT2D eigenvalue weighted by Crippen LogP contribution is 2.19. The quantitative estimate of drug-likeness (QED) is 0.893. The van der Waals surface area contributed by atoms with Gasteiger partial charge in [0.1, 0.15) is 11.7 Å². The molecule has 0 saturated carbocycles.